The molecule has 0 unspecified atom stereocenters. The molecule has 0 bridgehead atoms. The molecule has 0 radical (unpaired) electrons. The van der Waals surface area contributed by atoms with Gasteiger partial charge in [-0.25, -0.2) is 0 Å². The minimum Gasteiger partial charge on any atom is -0.492 e. The zero-order chi connectivity index (χ0) is 9.52. The normalized spacial score (nSPS) is 9.23. The fraction of sp³-hybridized carbons (Fsp3) is 0.222. The van der Waals surface area contributed by atoms with Crippen molar-refractivity contribution in [3.05, 3.63) is 34.7 Å². The number of carbonyl (C=O) groups is 1. The summed E-state index contributed by atoms with van der Waals surface area (Å²) < 4.78 is 5.14. The fourth-order valence-electron chi connectivity index (χ4n) is 0.878. The highest BCUT2D eigenvalue weighted by Crippen LogP contribution is 2.11. The fourth-order valence-corrected chi connectivity index (χ4v) is 0.878. The third-order valence-corrected chi connectivity index (χ3v) is 1.45. The van der Waals surface area contributed by atoms with Gasteiger partial charge in [0.25, 0.3) is 0 Å². The van der Waals surface area contributed by atoms with Gasteiger partial charge in [0.15, 0.2) is 0 Å². The van der Waals surface area contributed by atoms with Crippen LogP contribution in [0, 0.1) is 4.91 Å². The highest BCUT2D eigenvalue weighted by molar-refractivity contribution is 5.75. The lowest BCUT2D eigenvalue weighted by Gasteiger charge is -2.02. The summed E-state index contributed by atoms with van der Waals surface area (Å²) >= 11 is 0. The molecule has 0 heterocycles. The molecule has 0 fully saturated rings. The van der Waals surface area contributed by atoms with Crippen molar-refractivity contribution in [3.8, 4) is 5.75 Å². The van der Waals surface area contributed by atoms with Crippen LogP contribution in [0.1, 0.15) is 10.4 Å². The number of benzene rings is 1. The topological polar surface area (TPSA) is 55.7 Å². The molecule has 0 saturated heterocycles. The highest BCUT2D eigenvalue weighted by atomic mass is 16.5. The van der Waals surface area contributed by atoms with Crippen LogP contribution < -0.4 is 4.74 Å². The Labute approximate surface area is 75.5 Å². The first kappa shape index (κ1) is 9.38. The lowest BCUT2D eigenvalue weighted by molar-refractivity contribution is 0.112. The third kappa shape index (κ3) is 3.02. The first-order valence-electron chi connectivity index (χ1n) is 3.84. The summed E-state index contributed by atoms with van der Waals surface area (Å²) in [6.07, 6.45) is 0.741. The average Bonchev–Trinajstić information content (AvgIpc) is 2.19. The lowest BCUT2D eigenvalue weighted by atomic mass is 10.2. The van der Waals surface area contributed by atoms with Gasteiger partial charge >= 0.3 is 0 Å². The van der Waals surface area contributed by atoms with Crippen molar-refractivity contribution in [1.82, 2.24) is 0 Å². The number of ether oxygens (including phenoxy) is 1. The second-order valence-corrected chi connectivity index (χ2v) is 2.39. The molecule has 0 N–H and O–H groups in total. The van der Waals surface area contributed by atoms with Crippen LogP contribution in [0.15, 0.2) is 29.4 Å². The molecule has 0 spiro atoms. The molecular formula is C9H9NO3. The van der Waals surface area contributed by atoms with E-state index in [0.29, 0.717) is 11.3 Å². The Kier molecular flexibility index (Phi) is 3.63. The Morgan fingerprint density at radius 3 is 3.00 bits per heavy atom. The van der Waals surface area contributed by atoms with Crippen molar-refractivity contribution < 1.29 is 9.53 Å². The monoisotopic (exact) mass is 179 g/mol. The summed E-state index contributed by atoms with van der Waals surface area (Å²) in [5, 5.41) is 2.65. The average molecular weight is 179 g/mol. The van der Waals surface area contributed by atoms with Crippen LogP contribution in [0.3, 0.4) is 0 Å². The maximum absolute atomic E-state index is 10.4. The smallest absolute Gasteiger partial charge is 0.150 e. The molecule has 0 aliphatic carbocycles. The van der Waals surface area contributed by atoms with Gasteiger partial charge in [0.05, 0.1) is 0 Å². The summed E-state index contributed by atoms with van der Waals surface area (Å²) in [7, 11) is 0. The van der Waals surface area contributed by atoms with E-state index in [2.05, 4.69) is 5.18 Å². The van der Waals surface area contributed by atoms with Gasteiger partial charge in [0.2, 0.25) is 0 Å². The second kappa shape index (κ2) is 5.03. The van der Waals surface area contributed by atoms with Gasteiger partial charge in [-0.1, -0.05) is 17.3 Å². The minimum absolute atomic E-state index is 0.116. The van der Waals surface area contributed by atoms with Crippen LogP contribution in [0.25, 0.3) is 0 Å². The van der Waals surface area contributed by atoms with E-state index in [4.69, 9.17) is 4.74 Å². The van der Waals surface area contributed by atoms with Crippen LogP contribution in [0.4, 0.5) is 0 Å². The van der Waals surface area contributed by atoms with Gasteiger partial charge < -0.3 is 4.74 Å². The molecule has 1 aromatic carbocycles. The maximum Gasteiger partial charge on any atom is 0.150 e. The summed E-state index contributed by atoms with van der Waals surface area (Å²) in [5.41, 5.74) is 0.552. The molecule has 4 heteroatoms. The minimum atomic E-state index is 0.116. The van der Waals surface area contributed by atoms with Crippen molar-refractivity contribution in [2.45, 2.75) is 0 Å². The third-order valence-electron chi connectivity index (χ3n) is 1.45. The van der Waals surface area contributed by atoms with Gasteiger partial charge in [0, 0.05) is 5.56 Å². The van der Waals surface area contributed by atoms with E-state index >= 15 is 0 Å². The number of rotatable bonds is 5. The Balaban J connectivity index is 2.55. The van der Waals surface area contributed by atoms with Gasteiger partial charge in [-0.2, -0.15) is 4.91 Å². The molecule has 13 heavy (non-hydrogen) atoms. The predicted octanol–water partition coefficient (Wildman–Crippen LogP) is 1.64. The van der Waals surface area contributed by atoms with Gasteiger partial charge in [-0.3, -0.25) is 4.79 Å². The Hall–Kier alpha value is -1.71. The second-order valence-electron chi connectivity index (χ2n) is 2.39. The first-order valence-corrected chi connectivity index (χ1v) is 3.84. The van der Waals surface area contributed by atoms with Crippen LogP contribution in [-0.4, -0.2) is 19.4 Å². The van der Waals surface area contributed by atoms with E-state index in [-0.39, 0.29) is 13.2 Å². The maximum atomic E-state index is 10.4. The van der Waals surface area contributed by atoms with Gasteiger partial charge in [0.1, 0.15) is 25.2 Å². The molecule has 0 aromatic heterocycles. The molecule has 0 amide bonds. The van der Waals surface area contributed by atoms with Crippen molar-refractivity contribution in [3.63, 3.8) is 0 Å². The van der Waals surface area contributed by atoms with Crippen LogP contribution in [-0.2, 0) is 0 Å². The molecule has 1 rings (SSSR count). The van der Waals surface area contributed by atoms with Crippen molar-refractivity contribution >= 4 is 6.29 Å². The number of hydrogen-bond donors (Lipinski definition) is 0. The molecule has 0 saturated carbocycles. The van der Waals surface area contributed by atoms with E-state index in [1.54, 1.807) is 24.3 Å². The summed E-state index contributed by atoms with van der Waals surface area (Å²) in [6.45, 7) is 0.358. The van der Waals surface area contributed by atoms with Crippen molar-refractivity contribution in [1.29, 1.82) is 0 Å². The van der Waals surface area contributed by atoms with E-state index in [9.17, 15) is 9.70 Å². The van der Waals surface area contributed by atoms with Crippen LogP contribution in [0.5, 0.6) is 5.75 Å². The molecular weight excluding hydrogens is 170 g/mol. The van der Waals surface area contributed by atoms with E-state index in [0.717, 1.165) is 6.29 Å². The summed E-state index contributed by atoms with van der Waals surface area (Å²) in [4.78, 5) is 20.1. The zero-order valence-corrected chi connectivity index (χ0v) is 6.97. The SMILES string of the molecule is O=Cc1cccc(OCCN=O)c1. The van der Waals surface area contributed by atoms with Crippen LogP contribution >= 0.6 is 0 Å². The first-order chi connectivity index (χ1) is 6.36. The number of carbonyl (C=O) groups excluding carboxylic acids is 1. The highest BCUT2D eigenvalue weighted by Gasteiger charge is 1.94. The van der Waals surface area contributed by atoms with E-state index in [1.807, 2.05) is 0 Å². The largest absolute Gasteiger partial charge is 0.492 e. The Bertz CT molecular complexity index is 299. The molecule has 0 aliphatic rings. The summed E-state index contributed by atoms with van der Waals surface area (Å²) in [5.74, 6) is 0.577. The molecule has 0 aliphatic heterocycles. The Morgan fingerprint density at radius 2 is 2.31 bits per heavy atom. The zero-order valence-electron chi connectivity index (χ0n) is 6.97. The van der Waals surface area contributed by atoms with E-state index in [1.165, 1.54) is 0 Å². The summed E-state index contributed by atoms with van der Waals surface area (Å²) in [6, 6.07) is 6.72. The van der Waals surface area contributed by atoms with Crippen molar-refractivity contribution in [2.75, 3.05) is 13.2 Å². The van der Waals surface area contributed by atoms with Gasteiger partial charge in [-0.05, 0) is 12.1 Å². The quantitative estimate of drug-likeness (QED) is 0.392. The molecule has 1 aromatic rings. The lowest BCUT2D eigenvalue weighted by Crippen LogP contribution is -2.00. The van der Waals surface area contributed by atoms with E-state index < -0.39 is 0 Å². The number of nitroso groups, excluding NO2 is 1. The van der Waals surface area contributed by atoms with Gasteiger partial charge in [-0.15, -0.1) is 0 Å². The molecule has 68 valence electrons. The van der Waals surface area contributed by atoms with Crippen molar-refractivity contribution in [2.24, 2.45) is 5.18 Å². The van der Waals surface area contributed by atoms with Crippen LogP contribution in [0.2, 0.25) is 0 Å². The number of hydrogen-bond acceptors (Lipinski definition) is 4. The molecule has 0 atom stereocenters. The predicted molar refractivity (Wildman–Crippen MR) is 48.0 cm³/mol. The number of aldehydes is 1. The number of nitrogens with zero attached hydrogens (tertiary/aromatic N) is 1. The molecule has 4 nitrogen and oxygen atoms in total. The standard InChI is InChI=1S/C9H9NO3/c11-7-8-2-1-3-9(6-8)13-5-4-10-12/h1-3,6-7H,4-5H2. The Morgan fingerprint density at radius 1 is 1.46 bits per heavy atom.